The number of imide groups is 1. The molecule has 132 valence electrons. The van der Waals surface area contributed by atoms with Gasteiger partial charge in [-0.15, -0.1) is 0 Å². The number of benzene rings is 2. The molecule has 3 rings (SSSR count). The van der Waals surface area contributed by atoms with Crippen molar-refractivity contribution in [2.75, 3.05) is 6.61 Å². The van der Waals surface area contributed by atoms with Crippen molar-refractivity contribution in [2.24, 2.45) is 0 Å². The molecule has 2 aromatic carbocycles. The van der Waals surface area contributed by atoms with Gasteiger partial charge in [0.15, 0.2) is 5.54 Å². The van der Waals surface area contributed by atoms with Crippen molar-refractivity contribution in [3.8, 4) is 5.75 Å². The molecule has 0 radical (unpaired) electrons. The van der Waals surface area contributed by atoms with Crippen molar-refractivity contribution in [1.29, 1.82) is 0 Å². The van der Waals surface area contributed by atoms with Crippen LogP contribution in [0.4, 0.5) is 4.79 Å². The van der Waals surface area contributed by atoms with E-state index in [1.165, 1.54) is 0 Å². The van der Waals surface area contributed by atoms with Crippen LogP contribution in [-0.2, 0) is 15.1 Å². The lowest BCUT2D eigenvalue weighted by atomic mass is 9.82. The van der Waals surface area contributed by atoms with Gasteiger partial charge in [0, 0.05) is 5.56 Å². The number of aliphatic carboxylic acids is 1. The van der Waals surface area contributed by atoms with Crippen LogP contribution in [0.2, 0.25) is 0 Å². The summed E-state index contributed by atoms with van der Waals surface area (Å²) >= 11 is 0. The fraction of sp³-hybridized carbons (Fsp3) is 0.105. The van der Waals surface area contributed by atoms with Gasteiger partial charge in [0.1, 0.15) is 12.4 Å². The molecule has 7 nitrogen and oxygen atoms in total. The predicted octanol–water partition coefficient (Wildman–Crippen LogP) is 1.79. The van der Waals surface area contributed by atoms with Gasteiger partial charge in [-0.1, -0.05) is 55.1 Å². The van der Waals surface area contributed by atoms with Gasteiger partial charge in [-0.2, -0.15) is 0 Å². The molecule has 3 N–H and O–H groups in total. The minimum absolute atomic E-state index is 0.131. The molecule has 1 aliphatic heterocycles. The van der Waals surface area contributed by atoms with Crippen LogP contribution in [0.1, 0.15) is 11.1 Å². The number of amides is 3. The van der Waals surface area contributed by atoms with Crippen molar-refractivity contribution in [1.82, 2.24) is 10.6 Å². The van der Waals surface area contributed by atoms with E-state index in [1.54, 1.807) is 54.6 Å². The van der Waals surface area contributed by atoms with Crippen molar-refractivity contribution >= 4 is 17.9 Å². The van der Waals surface area contributed by atoms with E-state index in [0.717, 1.165) is 0 Å². The first-order valence-corrected chi connectivity index (χ1v) is 7.77. The maximum absolute atomic E-state index is 12.7. The summed E-state index contributed by atoms with van der Waals surface area (Å²) in [5.74, 6) is -1.44. The van der Waals surface area contributed by atoms with Gasteiger partial charge in [0.2, 0.25) is 0 Å². The average Bonchev–Trinajstić information content (AvgIpc) is 2.95. The molecule has 1 heterocycles. The molecule has 1 atom stereocenters. The van der Waals surface area contributed by atoms with E-state index in [4.69, 9.17) is 9.84 Å². The lowest BCUT2D eigenvalue weighted by Crippen LogP contribution is -2.45. The fourth-order valence-electron chi connectivity index (χ4n) is 2.82. The number of carbonyl (C=O) groups is 3. The molecule has 0 aliphatic carbocycles. The Labute approximate surface area is 149 Å². The summed E-state index contributed by atoms with van der Waals surface area (Å²) in [5.41, 5.74) is -0.655. The topological polar surface area (TPSA) is 105 Å². The maximum atomic E-state index is 12.7. The third-order valence-electron chi connectivity index (χ3n) is 4.07. The Balaban J connectivity index is 2.09. The first-order valence-electron chi connectivity index (χ1n) is 7.77. The molecule has 0 spiro atoms. The van der Waals surface area contributed by atoms with Crippen LogP contribution < -0.4 is 15.4 Å². The minimum atomic E-state index is -1.47. The third-order valence-corrected chi connectivity index (χ3v) is 4.07. The molecule has 0 aromatic heterocycles. The summed E-state index contributed by atoms with van der Waals surface area (Å²) in [5, 5.41) is 13.9. The number of carbonyl (C=O) groups excluding carboxylic acids is 2. The number of hydrogen-bond donors (Lipinski definition) is 3. The van der Waals surface area contributed by atoms with E-state index in [-0.39, 0.29) is 17.9 Å². The molecule has 0 bridgehead atoms. The molecule has 1 aliphatic rings. The third kappa shape index (κ3) is 2.90. The molecular weight excluding hydrogens is 336 g/mol. The van der Waals surface area contributed by atoms with E-state index in [9.17, 15) is 14.4 Å². The van der Waals surface area contributed by atoms with Gasteiger partial charge in [-0.05, 0) is 11.6 Å². The lowest BCUT2D eigenvalue weighted by molar-refractivity contribution is -0.133. The molecule has 2 aromatic rings. The number of carboxylic acid groups (broad SMARTS) is 1. The highest BCUT2D eigenvalue weighted by atomic mass is 16.5. The Morgan fingerprint density at radius 3 is 2.35 bits per heavy atom. The number of para-hydroxylation sites is 1. The van der Waals surface area contributed by atoms with Gasteiger partial charge >= 0.3 is 12.0 Å². The number of urea groups is 1. The molecule has 7 heteroatoms. The van der Waals surface area contributed by atoms with Gasteiger partial charge in [-0.25, -0.2) is 9.59 Å². The summed E-state index contributed by atoms with van der Waals surface area (Å²) in [6.07, 6.45) is 0. The van der Waals surface area contributed by atoms with Crippen LogP contribution in [0.3, 0.4) is 0 Å². The molecule has 26 heavy (non-hydrogen) atoms. The van der Waals surface area contributed by atoms with Crippen LogP contribution in [-0.4, -0.2) is 29.6 Å². The van der Waals surface area contributed by atoms with Crippen molar-refractivity contribution in [3.05, 3.63) is 77.9 Å². The number of ether oxygens (including phenoxy) is 1. The largest absolute Gasteiger partial charge is 0.488 e. The average molecular weight is 352 g/mol. The fourth-order valence-corrected chi connectivity index (χ4v) is 2.82. The normalized spacial score (nSPS) is 18.8. The van der Waals surface area contributed by atoms with Crippen LogP contribution >= 0.6 is 0 Å². The summed E-state index contributed by atoms with van der Waals surface area (Å²) in [4.78, 5) is 35.6. The zero-order valence-electron chi connectivity index (χ0n) is 13.7. The Kier molecular flexibility index (Phi) is 4.45. The second-order valence-electron chi connectivity index (χ2n) is 5.72. The van der Waals surface area contributed by atoms with E-state index >= 15 is 0 Å². The molecular formula is C19H16N2O5. The maximum Gasteiger partial charge on any atom is 0.334 e. The van der Waals surface area contributed by atoms with Crippen LogP contribution in [0.5, 0.6) is 5.75 Å². The SMILES string of the molecule is C=C(COc1ccccc1C1(c2ccccc2)NC(=O)NC1=O)C(=O)O. The molecule has 3 amide bonds. The van der Waals surface area contributed by atoms with E-state index < -0.39 is 23.4 Å². The van der Waals surface area contributed by atoms with Gasteiger partial charge < -0.3 is 15.2 Å². The highest BCUT2D eigenvalue weighted by Gasteiger charge is 2.50. The highest BCUT2D eigenvalue weighted by molar-refractivity contribution is 6.09. The van der Waals surface area contributed by atoms with Crippen molar-refractivity contribution in [3.63, 3.8) is 0 Å². The quantitative estimate of drug-likeness (QED) is 0.543. The van der Waals surface area contributed by atoms with E-state index in [2.05, 4.69) is 17.2 Å². The smallest absolute Gasteiger partial charge is 0.334 e. The molecule has 1 fully saturated rings. The highest BCUT2D eigenvalue weighted by Crippen LogP contribution is 2.38. The molecule has 1 saturated heterocycles. The van der Waals surface area contributed by atoms with Crippen LogP contribution in [0.25, 0.3) is 0 Å². The van der Waals surface area contributed by atoms with Gasteiger partial charge in [0.05, 0.1) is 5.57 Å². The number of hydrogen-bond acceptors (Lipinski definition) is 4. The zero-order valence-corrected chi connectivity index (χ0v) is 13.7. The van der Waals surface area contributed by atoms with E-state index in [0.29, 0.717) is 11.1 Å². The van der Waals surface area contributed by atoms with E-state index in [1.807, 2.05) is 0 Å². The zero-order chi connectivity index (χ0) is 18.7. The van der Waals surface area contributed by atoms with Gasteiger partial charge in [0.25, 0.3) is 5.91 Å². The predicted molar refractivity (Wildman–Crippen MR) is 92.6 cm³/mol. The summed E-state index contributed by atoms with van der Waals surface area (Å²) in [7, 11) is 0. The summed E-state index contributed by atoms with van der Waals surface area (Å²) in [6, 6.07) is 14.8. The van der Waals surface area contributed by atoms with Crippen LogP contribution in [0, 0.1) is 0 Å². The molecule has 1 unspecified atom stereocenters. The Morgan fingerprint density at radius 1 is 1.08 bits per heavy atom. The second-order valence-corrected chi connectivity index (χ2v) is 5.72. The lowest BCUT2D eigenvalue weighted by Gasteiger charge is -2.29. The number of carboxylic acids is 1. The standard InChI is InChI=1S/C19H16N2O5/c1-12(16(22)23)11-26-15-10-6-5-9-14(15)19(13-7-3-2-4-8-13)17(24)20-18(25)21-19/h2-10H,1,11H2,(H,22,23)(H2,20,21,24,25). The number of nitrogens with one attached hydrogen (secondary N) is 2. The van der Waals surface area contributed by atoms with Crippen LogP contribution in [0.15, 0.2) is 66.7 Å². The van der Waals surface area contributed by atoms with Crippen molar-refractivity contribution < 1.29 is 24.2 Å². The monoisotopic (exact) mass is 352 g/mol. The Bertz CT molecular complexity index is 894. The Morgan fingerprint density at radius 2 is 1.73 bits per heavy atom. The number of rotatable bonds is 6. The minimum Gasteiger partial charge on any atom is -0.488 e. The first kappa shape index (κ1) is 17.2. The molecule has 0 saturated carbocycles. The van der Waals surface area contributed by atoms with Gasteiger partial charge in [-0.3, -0.25) is 10.1 Å². The van der Waals surface area contributed by atoms with Crippen molar-refractivity contribution in [2.45, 2.75) is 5.54 Å². The summed E-state index contributed by atoms with van der Waals surface area (Å²) in [6.45, 7) is 3.17. The Hall–Kier alpha value is -3.61. The summed E-state index contributed by atoms with van der Waals surface area (Å²) < 4.78 is 5.59. The second kappa shape index (κ2) is 6.72. The first-order chi connectivity index (χ1) is 12.4.